The van der Waals surface area contributed by atoms with Crippen molar-refractivity contribution in [1.82, 2.24) is 15.0 Å². The smallest absolute Gasteiger partial charge is 0.188 e. The fourth-order valence-corrected chi connectivity index (χ4v) is 7.66. The minimum atomic E-state index is -3.20. The summed E-state index contributed by atoms with van der Waals surface area (Å²) in [7, 11) is -3.20. The standard InChI is InChI=1S/C33H22N3OP/c37-38(23-12-3-1-4-13-23,24-14-5-2-6-15-24)32-21-11-20-28(35-32)27-22-31-33(26-17-8-7-16-25(26)27)36-30-19-10-9-18-29(30)34-31/h1-22H. The van der Waals surface area contributed by atoms with E-state index in [0.717, 1.165) is 54.7 Å². The average molecular weight is 508 g/mol. The molecule has 0 unspecified atom stereocenters. The number of hydrogen-bond donors (Lipinski definition) is 0. The zero-order valence-corrected chi connectivity index (χ0v) is 21.3. The van der Waals surface area contributed by atoms with Gasteiger partial charge in [0, 0.05) is 21.6 Å². The van der Waals surface area contributed by atoms with E-state index in [2.05, 4.69) is 18.2 Å². The van der Waals surface area contributed by atoms with Crippen LogP contribution in [0.1, 0.15) is 0 Å². The molecule has 0 aliphatic rings. The summed E-state index contributed by atoms with van der Waals surface area (Å²) in [5.41, 5.74) is 5.62. The SMILES string of the molecule is O=P(c1ccccc1)(c1ccccc1)c1cccc(-c2cc3nc4ccccc4nc3c3ccccc23)n1. The second kappa shape index (κ2) is 9.02. The van der Waals surface area contributed by atoms with Crippen LogP contribution in [0.25, 0.3) is 44.1 Å². The molecule has 5 aromatic carbocycles. The van der Waals surface area contributed by atoms with E-state index in [4.69, 9.17) is 15.0 Å². The quantitative estimate of drug-likeness (QED) is 0.152. The molecule has 0 N–H and O–H groups in total. The highest BCUT2D eigenvalue weighted by Gasteiger charge is 2.31. The summed E-state index contributed by atoms with van der Waals surface area (Å²) in [5, 5.41) is 3.57. The van der Waals surface area contributed by atoms with Crippen molar-refractivity contribution in [2.24, 2.45) is 0 Å². The molecule has 7 rings (SSSR count). The van der Waals surface area contributed by atoms with Crippen LogP contribution in [-0.2, 0) is 4.57 Å². The van der Waals surface area contributed by atoms with Crippen LogP contribution in [0.4, 0.5) is 0 Å². The van der Waals surface area contributed by atoms with Crippen molar-refractivity contribution in [3.63, 3.8) is 0 Å². The monoisotopic (exact) mass is 507 g/mol. The highest BCUT2D eigenvalue weighted by molar-refractivity contribution is 7.85. The van der Waals surface area contributed by atoms with Gasteiger partial charge in [0.2, 0.25) is 0 Å². The highest BCUT2D eigenvalue weighted by Crippen LogP contribution is 2.42. The van der Waals surface area contributed by atoms with Gasteiger partial charge in [0.15, 0.2) is 7.14 Å². The molecular formula is C33H22N3OP. The van der Waals surface area contributed by atoms with Crippen molar-refractivity contribution < 1.29 is 4.57 Å². The molecule has 0 fully saturated rings. The Morgan fingerprint density at radius 3 is 1.74 bits per heavy atom. The zero-order chi connectivity index (χ0) is 25.5. The van der Waals surface area contributed by atoms with Crippen molar-refractivity contribution in [3.8, 4) is 11.3 Å². The lowest BCUT2D eigenvalue weighted by atomic mass is 9.99. The van der Waals surface area contributed by atoms with E-state index in [1.165, 1.54) is 0 Å². The van der Waals surface area contributed by atoms with E-state index in [0.29, 0.717) is 5.44 Å². The molecule has 0 radical (unpaired) electrons. The molecule has 2 aromatic heterocycles. The first kappa shape index (κ1) is 22.5. The lowest BCUT2D eigenvalue weighted by Gasteiger charge is -2.20. The summed E-state index contributed by atoms with van der Waals surface area (Å²) < 4.78 is 14.9. The predicted molar refractivity (Wildman–Crippen MR) is 157 cm³/mol. The third-order valence-electron chi connectivity index (χ3n) is 6.92. The molecule has 4 nitrogen and oxygen atoms in total. The normalized spacial score (nSPS) is 11.8. The lowest BCUT2D eigenvalue weighted by Crippen LogP contribution is -2.27. The first-order valence-corrected chi connectivity index (χ1v) is 14.2. The van der Waals surface area contributed by atoms with Crippen LogP contribution >= 0.6 is 7.14 Å². The third-order valence-corrected chi connectivity index (χ3v) is 9.87. The topological polar surface area (TPSA) is 55.7 Å². The van der Waals surface area contributed by atoms with E-state index in [1.54, 1.807) is 0 Å². The minimum Gasteiger partial charge on any atom is -0.307 e. The molecular weight excluding hydrogens is 485 g/mol. The van der Waals surface area contributed by atoms with Gasteiger partial charge >= 0.3 is 0 Å². The molecule has 2 heterocycles. The molecule has 0 spiro atoms. The fourth-order valence-electron chi connectivity index (χ4n) is 5.10. The number of nitrogens with zero attached hydrogens (tertiary/aromatic N) is 3. The summed E-state index contributed by atoms with van der Waals surface area (Å²) in [6.07, 6.45) is 0. The van der Waals surface area contributed by atoms with Crippen molar-refractivity contribution >= 4 is 56.0 Å². The Bertz CT molecular complexity index is 1960. The van der Waals surface area contributed by atoms with Gasteiger partial charge in [-0.05, 0) is 35.7 Å². The van der Waals surface area contributed by atoms with Crippen LogP contribution in [-0.4, -0.2) is 15.0 Å². The van der Waals surface area contributed by atoms with Gasteiger partial charge in [0.25, 0.3) is 0 Å². The second-order valence-corrected chi connectivity index (χ2v) is 11.9. The molecule has 0 saturated heterocycles. The molecule has 38 heavy (non-hydrogen) atoms. The van der Waals surface area contributed by atoms with Crippen LogP contribution in [0.15, 0.2) is 133 Å². The van der Waals surface area contributed by atoms with E-state index in [1.807, 2.05) is 115 Å². The number of para-hydroxylation sites is 2. The molecule has 0 atom stereocenters. The van der Waals surface area contributed by atoms with Crippen LogP contribution in [0.5, 0.6) is 0 Å². The Hall–Kier alpha value is -4.66. The largest absolute Gasteiger partial charge is 0.307 e. The Labute approximate surface area is 220 Å². The molecule has 0 amide bonds. The number of aromatic nitrogens is 3. The number of hydrogen-bond acceptors (Lipinski definition) is 4. The maximum atomic E-state index is 14.9. The van der Waals surface area contributed by atoms with Crippen molar-refractivity contribution in [3.05, 3.63) is 133 Å². The molecule has 5 heteroatoms. The summed E-state index contributed by atoms with van der Waals surface area (Å²) in [6.45, 7) is 0. The van der Waals surface area contributed by atoms with Crippen LogP contribution in [0, 0.1) is 0 Å². The zero-order valence-electron chi connectivity index (χ0n) is 20.4. The molecule has 0 bridgehead atoms. The maximum Gasteiger partial charge on any atom is 0.188 e. The fraction of sp³-hybridized carbons (Fsp3) is 0. The van der Waals surface area contributed by atoms with Gasteiger partial charge in [0.05, 0.1) is 27.8 Å². The van der Waals surface area contributed by atoms with Gasteiger partial charge in [-0.3, -0.25) is 0 Å². The van der Waals surface area contributed by atoms with Gasteiger partial charge < -0.3 is 4.57 Å². The third kappa shape index (κ3) is 3.61. The minimum absolute atomic E-state index is 0.557. The molecule has 7 aromatic rings. The number of benzene rings is 5. The van der Waals surface area contributed by atoms with Crippen LogP contribution in [0.2, 0.25) is 0 Å². The Balaban J connectivity index is 1.49. The van der Waals surface area contributed by atoms with Gasteiger partial charge in [0.1, 0.15) is 5.44 Å². The first-order chi connectivity index (χ1) is 18.7. The van der Waals surface area contributed by atoms with Crippen LogP contribution in [0.3, 0.4) is 0 Å². The number of pyridine rings is 1. The lowest BCUT2D eigenvalue weighted by molar-refractivity contribution is 0.592. The molecule has 0 aliphatic carbocycles. The van der Waals surface area contributed by atoms with Gasteiger partial charge in [-0.1, -0.05) is 103 Å². The van der Waals surface area contributed by atoms with E-state index in [-0.39, 0.29) is 0 Å². The molecule has 180 valence electrons. The van der Waals surface area contributed by atoms with Crippen molar-refractivity contribution in [2.75, 3.05) is 0 Å². The second-order valence-electron chi connectivity index (χ2n) is 9.21. The molecule has 0 aliphatic heterocycles. The maximum absolute atomic E-state index is 14.9. The van der Waals surface area contributed by atoms with Crippen LogP contribution < -0.4 is 16.0 Å². The Morgan fingerprint density at radius 2 is 1.05 bits per heavy atom. The highest BCUT2D eigenvalue weighted by atomic mass is 31.2. The first-order valence-electron chi connectivity index (χ1n) is 12.5. The summed E-state index contributed by atoms with van der Waals surface area (Å²) in [4.78, 5) is 15.0. The molecule has 0 saturated carbocycles. The van der Waals surface area contributed by atoms with E-state index < -0.39 is 7.14 Å². The predicted octanol–water partition coefficient (Wildman–Crippen LogP) is 6.64. The van der Waals surface area contributed by atoms with Gasteiger partial charge in [-0.15, -0.1) is 0 Å². The van der Waals surface area contributed by atoms with Gasteiger partial charge in [-0.25, -0.2) is 15.0 Å². The summed E-state index contributed by atoms with van der Waals surface area (Å²) >= 11 is 0. The van der Waals surface area contributed by atoms with Crippen molar-refractivity contribution in [2.45, 2.75) is 0 Å². The Kier molecular flexibility index (Phi) is 5.35. The van der Waals surface area contributed by atoms with Crippen molar-refractivity contribution in [1.29, 1.82) is 0 Å². The number of fused-ring (bicyclic) bond motifs is 4. The number of rotatable bonds is 4. The summed E-state index contributed by atoms with van der Waals surface area (Å²) in [6, 6.07) is 43.3. The summed E-state index contributed by atoms with van der Waals surface area (Å²) in [5.74, 6) is 0. The van der Waals surface area contributed by atoms with E-state index in [9.17, 15) is 4.57 Å². The van der Waals surface area contributed by atoms with Gasteiger partial charge in [-0.2, -0.15) is 0 Å². The van der Waals surface area contributed by atoms with E-state index >= 15 is 0 Å². The Morgan fingerprint density at radius 1 is 0.474 bits per heavy atom. The average Bonchev–Trinajstić information content (AvgIpc) is 3.00.